The van der Waals surface area contributed by atoms with Crippen LogP contribution in [0.3, 0.4) is 0 Å². The van der Waals surface area contributed by atoms with E-state index in [0.29, 0.717) is 5.82 Å². The highest BCUT2D eigenvalue weighted by molar-refractivity contribution is 6.22. The van der Waals surface area contributed by atoms with Gasteiger partial charge in [-0.25, -0.2) is 24.9 Å². The smallest absolute Gasteiger partial charge is 0.166 e. The summed E-state index contributed by atoms with van der Waals surface area (Å²) in [5.41, 5.74) is 7.67. The molecule has 0 aliphatic heterocycles. The Morgan fingerprint density at radius 1 is 0.500 bits per heavy atom. The monoisotopic (exact) mass is 515 g/mol. The van der Waals surface area contributed by atoms with Crippen molar-refractivity contribution in [3.63, 3.8) is 0 Å². The van der Waals surface area contributed by atoms with Crippen LogP contribution in [0.4, 0.5) is 0 Å². The normalized spacial score (nSPS) is 12.0. The molecule has 0 unspecified atom stereocenters. The van der Waals surface area contributed by atoms with Crippen LogP contribution in [-0.4, -0.2) is 43.7 Å². The summed E-state index contributed by atoms with van der Waals surface area (Å²) in [6.45, 7) is 0. The van der Waals surface area contributed by atoms with Gasteiger partial charge in [0.15, 0.2) is 17.1 Å². The lowest BCUT2D eigenvalue weighted by atomic mass is 10.1. The maximum absolute atomic E-state index is 4.88. The third kappa shape index (κ3) is 2.67. The van der Waals surface area contributed by atoms with Crippen molar-refractivity contribution in [2.75, 3.05) is 0 Å². The van der Waals surface area contributed by atoms with Gasteiger partial charge in [0.25, 0.3) is 0 Å². The van der Waals surface area contributed by atoms with Gasteiger partial charge in [-0.1, -0.05) is 66.7 Å². The van der Waals surface area contributed by atoms with E-state index in [-0.39, 0.29) is 0 Å². The molecule has 0 fully saturated rings. The summed E-state index contributed by atoms with van der Waals surface area (Å²) in [5.74, 6) is 0.533. The van der Waals surface area contributed by atoms with Gasteiger partial charge in [0.1, 0.15) is 29.2 Å². The van der Waals surface area contributed by atoms with Crippen LogP contribution >= 0.6 is 0 Å². The number of rotatable bonds is 2. The van der Waals surface area contributed by atoms with Gasteiger partial charge in [-0.05, 0) is 5.56 Å². The molecule has 0 saturated heterocycles. The molecule has 0 amide bonds. The number of aromatic nitrogens is 9. The van der Waals surface area contributed by atoms with Gasteiger partial charge in [0.05, 0.1) is 16.6 Å². The van der Waals surface area contributed by atoms with E-state index in [4.69, 9.17) is 19.9 Å². The molecule has 9 aromatic rings. The van der Waals surface area contributed by atoms with Crippen molar-refractivity contribution in [1.29, 1.82) is 0 Å². The predicted molar refractivity (Wildman–Crippen MR) is 153 cm³/mol. The molecule has 40 heavy (non-hydrogen) atoms. The highest BCUT2D eigenvalue weighted by atomic mass is 15.1. The average Bonchev–Trinajstić information content (AvgIpc) is 3.50. The van der Waals surface area contributed by atoms with Crippen molar-refractivity contribution >= 4 is 60.5 Å². The van der Waals surface area contributed by atoms with Crippen molar-refractivity contribution in [2.45, 2.75) is 0 Å². The quantitative estimate of drug-likeness (QED) is 0.333. The van der Waals surface area contributed by atoms with E-state index >= 15 is 0 Å². The van der Waals surface area contributed by atoms with E-state index in [0.717, 1.165) is 71.5 Å². The van der Waals surface area contributed by atoms with E-state index < -0.39 is 0 Å². The summed E-state index contributed by atoms with van der Waals surface area (Å²) in [4.78, 5) is 32.7. The fraction of sp³-hybridized carbons (Fsp3) is 0. The zero-order chi connectivity index (χ0) is 26.2. The lowest BCUT2D eigenvalue weighted by Gasteiger charge is -2.09. The first kappa shape index (κ1) is 21.1. The topological polar surface area (TPSA) is 99.0 Å². The van der Waals surface area contributed by atoms with Crippen molar-refractivity contribution in [2.24, 2.45) is 0 Å². The van der Waals surface area contributed by atoms with E-state index in [1.165, 1.54) is 12.7 Å². The maximum atomic E-state index is 4.88. The second-order valence-corrected chi connectivity index (χ2v) is 9.56. The Bertz CT molecular complexity index is 2310. The van der Waals surface area contributed by atoms with Crippen LogP contribution in [0.25, 0.3) is 60.5 Å². The number of fused-ring (bicyclic) bond motifs is 7. The van der Waals surface area contributed by atoms with Crippen molar-refractivity contribution in [3.8, 4) is 0 Å². The van der Waals surface area contributed by atoms with Crippen LogP contribution in [0.5, 0.6) is 0 Å². The van der Waals surface area contributed by atoms with Crippen LogP contribution in [-0.2, 0) is 0 Å². The minimum Gasteiger partial charge on any atom is -0.276 e. The highest BCUT2D eigenvalue weighted by Crippen LogP contribution is 2.36. The summed E-state index contributed by atoms with van der Waals surface area (Å²) in [5, 5.41) is 4.17. The maximum Gasteiger partial charge on any atom is 0.166 e. The number of hydrogen-bond donors (Lipinski definition) is 0. The molecule has 0 spiro atoms. The molecule has 6 aromatic heterocycles. The van der Waals surface area contributed by atoms with Crippen LogP contribution in [0.15, 0.2) is 104 Å². The predicted octanol–water partition coefficient (Wildman–Crippen LogP) is 4.54. The summed E-state index contributed by atoms with van der Waals surface area (Å²) < 4.78 is 4.37. The molecule has 9 rings (SSSR count). The van der Waals surface area contributed by atoms with Crippen molar-refractivity contribution in [1.82, 2.24) is 43.7 Å². The fourth-order valence-corrected chi connectivity index (χ4v) is 6.03. The molecule has 0 atom stereocenters. The Hall–Kier alpha value is -5.83. The minimum atomic E-state index is 0.533. The SMILES string of the molecule is c1ccc(C(c2ncncn2)=c2n3c4nccnc4c4cccc(c5cccc6c7nccnc7n2c56)c43)cc1. The Morgan fingerprint density at radius 3 is 1.60 bits per heavy atom. The molecule has 0 aliphatic carbocycles. The molecule has 9 nitrogen and oxygen atoms in total. The summed E-state index contributed by atoms with van der Waals surface area (Å²) >= 11 is 0. The Labute approximate surface area is 225 Å². The molecule has 0 N–H and O–H groups in total. The van der Waals surface area contributed by atoms with Crippen LogP contribution in [0, 0.1) is 0 Å². The summed E-state index contributed by atoms with van der Waals surface area (Å²) in [7, 11) is 0. The lowest BCUT2D eigenvalue weighted by Crippen LogP contribution is -2.26. The third-order valence-corrected chi connectivity index (χ3v) is 7.53. The number of hydrogen-bond acceptors (Lipinski definition) is 7. The van der Waals surface area contributed by atoms with Crippen LogP contribution in [0.2, 0.25) is 0 Å². The van der Waals surface area contributed by atoms with Gasteiger partial charge in [0, 0.05) is 46.3 Å². The fourth-order valence-electron chi connectivity index (χ4n) is 6.03. The molecule has 0 radical (unpaired) electrons. The van der Waals surface area contributed by atoms with Gasteiger partial charge in [-0.2, -0.15) is 0 Å². The summed E-state index contributed by atoms with van der Waals surface area (Å²) in [6.07, 6.45) is 9.98. The van der Waals surface area contributed by atoms with Gasteiger partial charge in [-0.15, -0.1) is 0 Å². The van der Waals surface area contributed by atoms with Gasteiger partial charge in [-0.3, -0.25) is 18.8 Å². The van der Waals surface area contributed by atoms with E-state index in [9.17, 15) is 0 Å². The molecule has 186 valence electrons. The van der Waals surface area contributed by atoms with Crippen molar-refractivity contribution < 1.29 is 0 Å². The molecular formula is C31H17N9. The second-order valence-electron chi connectivity index (χ2n) is 9.56. The first-order chi connectivity index (χ1) is 19.9. The molecule has 9 heteroatoms. The Balaban J connectivity index is 1.79. The largest absolute Gasteiger partial charge is 0.276 e. The first-order valence-corrected chi connectivity index (χ1v) is 12.8. The van der Waals surface area contributed by atoms with Gasteiger partial charge in [0.2, 0.25) is 0 Å². The van der Waals surface area contributed by atoms with E-state index in [1.807, 2.05) is 18.2 Å². The second kappa shape index (κ2) is 7.84. The zero-order valence-corrected chi connectivity index (χ0v) is 20.8. The minimum absolute atomic E-state index is 0.533. The van der Waals surface area contributed by atoms with Crippen LogP contribution in [0.1, 0.15) is 11.4 Å². The van der Waals surface area contributed by atoms with Crippen molar-refractivity contribution in [3.05, 3.63) is 121 Å². The molecule has 6 heterocycles. The first-order valence-electron chi connectivity index (χ1n) is 12.8. The standard InChI is InChI=1S/C31H17N9/c1-2-6-18(7-3-1)23(28-37-16-32-17-38-28)31-39-26-19(8-4-10-21(26)24-29(39)35-14-12-33-24)20-9-5-11-22-25-30(36-15-13-34-25)40(31)27(20)22/h1-17H. The Morgan fingerprint density at radius 2 is 1.02 bits per heavy atom. The number of para-hydroxylation sites is 2. The van der Waals surface area contributed by atoms with Gasteiger partial charge >= 0.3 is 0 Å². The average molecular weight is 516 g/mol. The van der Waals surface area contributed by atoms with Crippen LogP contribution < -0.4 is 5.48 Å². The Kier molecular flexibility index (Phi) is 4.14. The van der Waals surface area contributed by atoms with E-state index in [2.05, 4.69) is 72.3 Å². The molecule has 3 aromatic carbocycles. The van der Waals surface area contributed by atoms with Gasteiger partial charge < -0.3 is 0 Å². The lowest BCUT2D eigenvalue weighted by molar-refractivity contribution is 0.968. The number of benzene rings is 3. The zero-order valence-electron chi connectivity index (χ0n) is 20.8. The molecule has 0 saturated carbocycles. The van der Waals surface area contributed by atoms with E-state index in [1.54, 1.807) is 24.8 Å². The molecular weight excluding hydrogens is 498 g/mol. The highest BCUT2D eigenvalue weighted by Gasteiger charge is 2.23. The summed E-state index contributed by atoms with van der Waals surface area (Å²) in [6, 6.07) is 22.9. The molecule has 0 aliphatic rings. The third-order valence-electron chi connectivity index (χ3n) is 7.53. The number of nitrogens with zero attached hydrogens (tertiary/aromatic N) is 9. The molecule has 0 bridgehead atoms.